The Labute approximate surface area is 187 Å². The number of aromatic nitrogens is 2. The van der Waals surface area contributed by atoms with E-state index in [1.54, 1.807) is 0 Å². The number of hydrogen-bond donors (Lipinski definition) is 2. The number of H-pyrrole nitrogens is 1. The van der Waals surface area contributed by atoms with Gasteiger partial charge in [-0.3, -0.25) is 4.79 Å². The molecule has 7 heteroatoms. The van der Waals surface area contributed by atoms with Crippen LogP contribution in [0, 0.1) is 5.41 Å². The molecule has 0 radical (unpaired) electrons. The van der Waals surface area contributed by atoms with Gasteiger partial charge in [0.25, 0.3) is 0 Å². The number of hydrogen-bond acceptors (Lipinski definition) is 4. The molecule has 5 rings (SSSR count). The lowest BCUT2D eigenvalue weighted by Crippen LogP contribution is -2.48. The van der Waals surface area contributed by atoms with Gasteiger partial charge in [-0.1, -0.05) is 43.3 Å². The van der Waals surface area contributed by atoms with Gasteiger partial charge in [0.15, 0.2) is 0 Å². The first kappa shape index (κ1) is 20.5. The second kappa shape index (κ2) is 7.97. The van der Waals surface area contributed by atoms with E-state index in [2.05, 4.69) is 45.6 Å². The van der Waals surface area contributed by atoms with Crippen LogP contribution < -0.4 is 5.32 Å². The molecule has 1 spiro atoms. The Morgan fingerprint density at radius 1 is 1.25 bits per heavy atom. The Morgan fingerprint density at radius 2 is 2.03 bits per heavy atom. The van der Waals surface area contributed by atoms with Gasteiger partial charge in [0.05, 0.1) is 25.0 Å². The van der Waals surface area contributed by atoms with Gasteiger partial charge in [-0.15, -0.1) is 0 Å². The lowest BCUT2D eigenvalue weighted by Gasteiger charge is -2.27. The first-order chi connectivity index (χ1) is 15.5. The summed E-state index contributed by atoms with van der Waals surface area (Å²) in [4.78, 5) is 35.1. The molecule has 2 heterocycles. The van der Waals surface area contributed by atoms with Crippen molar-refractivity contribution in [3.63, 3.8) is 0 Å². The first-order valence-electron chi connectivity index (χ1n) is 11.2. The summed E-state index contributed by atoms with van der Waals surface area (Å²) >= 11 is 0. The Morgan fingerprint density at radius 3 is 2.75 bits per heavy atom. The van der Waals surface area contributed by atoms with Crippen molar-refractivity contribution in [3.8, 4) is 11.3 Å². The van der Waals surface area contributed by atoms with E-state index in [1.165, 1.54) is 17.9 Å². The van der Waals surface area contributed by atoms with Gasteiger partial charge in [0.2, 0.25) is 5.91 Å². The third-order valence-electron chi connectivity index (χ3n) is 6.90. The quantitative estimate of drug-likeness (QED) is 0.625. The third kappa shape index (κ3) is 3.72. The second-order valence-corrected chi connectivity index (χ2v) is 9.03. The van der Waals surface area contributed by atoms with Crippen molar-refractivity contribution in [2.45, 2.75) is 44.7 Å². The van der Waals surface area contributed by atoms with Crippen molar-refractivity contribution >= 4 is 22.8 Å². The fourth-order valence-corrected chi connectivity index (χ4v) is 4.82. The Balaban J connectivity index is 1.42. The van der Waals surface area contributed by atoms with Crippen LogP contribution in [0.15, 0.2) is 48.7 Å². The summed E-state index contributed by atoms with van der Waals surface area (Å²) in [6.07, 6.45) is 4.94. The zero-order valence-corrected chi connectivity index (χ0v) is 18.4. The smallest absolute Gasteiger partial charge is 0.407 e. The second-order valence-electron chi connectivity index (χ2n) is 9.03. The molecule has 2 fully saturated rings. The van der Waals surface area contributed by atoms with Gasteiger partial charge in [-0.2, -0.15) is 0 Å². The number of nitrogens with zero attached hydrogens (tertiary/aromatic N) is 2. The van der Waals surface area contributed by atoms with Gasteiger partial charge in [-0.05, 0) is 47.9 Å². The summed E-state index contributed by atoms with van der Waals surface area (Å²) in [6, 6.07) is 13.9. The number of rotatable bonds is 5. The molecule has 2 atom stereocenters. The maximum atomic E-state index is 13.4. The summed E-state index contributed by atoms with van der Waals surface area (Å²) in [5.41, 5.74) is 2.20. The summed E-state index contributed by atoms with van der Waals surface area (Å²) in [5.74, 6) is 0.730. The molecule has 7 nitrogen and oxygen atoms in total. The number of nitrogens with one attached hydrogen (secondary N) is 2. The fourth-order valence-electron chi connectivity index (χ4n) is 4.82. The number of fused-ring (bicyclic) bond motifs is 1. The summed E-state index contributed by atoms with van der Waals surface area (Å²) in [5, 5.41) is 5.05. The predicted octanol–water partition coefficient (Wildman–Crippen LogP) is 4.42. The van der Waals surface area contributed by atoms with Crippen LogP contribution in [0.5, 0.6) is 0 Å². The van der Waals surface area contributed by atoms with Crippen molar-refractivity contribution < 1.29 is 14.3 Å². The highest BCUT2D eigenvalue weighted by atomic mass is 16.5. The van der Waals surface area contributed by atoms with E-state index >= 15 is 0 Å². The standard InChI is InChI=1S/C25H28N4O3/c1-3-19(28-24(31)32-2)23(30)29-15-25(10-11-25)13-21(29)22-26-14-20(27-22)18-9-8-16-6-4-5-7-17(16)12-18/h4-9,12,14,19,21H,3,10-11,13,15H2,1-2H3,(H,26,27)(H,28,31)/t19-,21-/m0/s1. The molecule has 1 aliphatic carbocycles. The average Bonchev–Trinajstić information content (AvgIpc) is 3.22. The van der Waals surface area contributed by atoms with Crippen LogP contribution in [0.3, 0.4) is 0 Å². The summed E-state index contributed by atoms with van der Waals surface area (Å²) in [6.45, 7) is 2.60. The number of imidazole rings is 1. The van der Waals surface area contributed by atoms with E-state index in [1.807, 2.05) is 30.2 Å². The van der Waals surface area contributed by atoms with Crippen molar-refractivity contribution in [2.75, 3.05) is 13.7 Å². The maximum absolute atomic E-state index is 13.4. The van der Waals surface area contributed by atoms with Gasteiger partial charge < -0.3 is 19.9 Å². The number of methoxy groups -OCH3 is 1. The molecule has 166 valence electrons. The fraction of sp³-hybridized carbons (Fsp3) is 0.400. The van der Waals surface area contributed by atoms with Crippen molar-refractivity contribution in [3.05, 3.63) is 54.5 Å². The SMILES string of the molecule is CC[C@H](NC(=O)OC)C(=O)N1CC2(CC2)C[C@H]1c1ncc(-c2ccc3ccccc3c2)[nH]1. The van der Waals surface area contributed by atoms with E-state index in [0.717, 1.165) is 36.3 Å². The molecule has 1 aromatic heterocycles. The molecule has 32 heavy (non-hydrogen) atoms. The van der Waals surface area contributed by atoms with Crippen molar-refractivity contribution in [1.82, 2.24) is 20.2 Å². The largest absolute Gasteiger partial charge is 0.453 e. The monoisotopic (exact) mass is 432 g/mol. The number of likely N-dealkylation sites (tertiary alicyclic amines) is 1. The highest BCUT2D eigenvalue weighted by molar-refractivity contribution is 5.87. The molecule has 0 unspecified atom stereocenters. The topological polar surface area (TPSA) is 87.3 Å². The molecule has 1 saturated heterocycles. The summed E-state index contributed by atoms with van der Waals surface area (Å²) in [7, 11) is 1.31. The zero-order valence-electron chi connectivity index (χ0n) is 18.4. The van der Waals surface area contributed by atoms with E-state index in [9.17, 15) is 9.59 Å². The van der Waals surface area contributed by atoms with Crippen LogP contribution in [-0.2, 0) is 9.53 Å². The van der Waals surface area contributed by atoms with Gasteiger partial charge in [0, 0.05) is 12.1 Å². The number of carbonyl (C=O) groups is 2. The number of alkyl carbamates (subject to hydrolysis) is 1. The van der Waals surface area contributed by atoms with Gasteiger partial charge in [-0.25, -0.2) is 9.78 Å². The zero-order chi connectivity index (χ0) is 22.3. The number of ether oxygens (including phenoxy) is 1. The molecule has 1 aliphatic heterocycles. The van der Waals surface area contributed by atoms with E-state index in [4.69, 9.17) is 4.74 Å². The third-order valence-corrected chi connectivity index (χ3v) is 6.90. The lowest BCUT2D eigenvalue weighted by atomic mass is 10.0. The van der Waals surface area contributed by atoms with E-state index < -0.39 is 12.1 Å². The molecule has 2 amide bonds. The van der Waals surface area contributed by atoms with Crippen molar-refractivity contribution in [2.24, 2.45) is 5.41 Å². The first-order valence-corrected chi connectivity index (χ1v) is 11.2. The normalized spacial score (nSPS) is 19.8. The summed E-state index contributed by atoms with van der Waals surface area (Å²) < 4.78 is 4.70. The number of benzene rings is 2. The van der Waals surface area contributed by atoms with E-state index in [0.29, 0.717) is 13.0 Å². The van der Waals surface area contributed by atoms with Crippen LogP contribution >= 0.6 is 0 Å². The molecule has 2 aromatic carbocycles. The van der Waals surface area contributed by atoms with Gasteiger partial charge in [0.1, 0.15) is 11.9 Å². The van der Waals surface area contributed by atoms with Crippen molar-refractivity contribution in [1.29, 1.82) is 0 Å². The van der Waals surface area contributed by atoms with Crippen LogP contribution in [0.2, 0.25) is 0 Å². The molecule has 0 bridgehead atoms. The van der Waals surface area contributed by atoms with Crippen LogP contribution in [0.4, 0.5) is 4.79 Å². The minimum atomic E-state index is -0.603. The van der Waals surface area contributed by atoms with Gasteiger partial charge >= 0.3 is 6.09 Å². The Bertz CT molecular complexity index is 1170. The van der Waals surface area contributed by atoms with Crippen LogP contribution in [-0.4, -0.2) is 46.6 Å². The van der Waals surface area contributed by atoms with E-state index in [-0.39, 0.29) is 17.4 Å². The highest BCUT2D eigenvalue weighted by Gasteiger charge is 2.54. The average molecular weight is 433 g/mol. The number of aromatic amines is 1. The minimum Gasteiger partial charge on any atom is -0.453 e. The molecular weight excluding hydrogens is 404 g/mol. The lowest BCUT2D eigenvalue weighted by molar-refractivity contribution is -0.134. The molecule has 2 N–H and O–H groups in total. The predicted molar refractivity (Wildman–Crippen MR) is 122 cm³/mol. The Hall–Kier alpha value is -3.35. The molecule has 2 aliphatic rings. The molecular formula is C25H28N4O3. The maximum Gasteiger partial charge on any atom is 0.407 e. The minimum absolute atomic E-state index is 0.0738. The molecule has 3 aromatic rings. The Kier molecular flexibility index (Phi) is 5.12. The molecule has 1 saturated carbocycles. The van der Waals surface area contributed by atoms with Crippen LogP contribution in [0.1, 0.15) is 44.5 Å². The van der Waals surface area contributed by atoms with Crippen LogP contribution in [0.25, 0.3) is 22.0 Å². The number of amides is 2. The number of carbonyl (C=O) groups excluding carboxylic acids is 2. The highest BCUT2D eigenvalue weighted by Crippen LogP contribution is 2.58.